The number of aromatic amines is 1. The Labute approximate surface area is 212 Å². The molecule has 13 heteroatoms. The fourth-order valence-corrected chi connectivity index (χ4v) is 3.76. The number of aliphatic hydroxyl groups excluding tert-OH is 1. The summed E-state index contributed by atoms with van der Waals surface area (Å²) in [6.45, 7) is -0.610. The third kappa shape index (κ3) is 9.32. The summed E-state index contributed by atoms with van der Waals surface area (Å²) in [5.74, 6) is -2.75. The Morgan fingerprint density at radius 1 is 1.00 bits per heavy atom. The summed E-state index contributed by atoms with van der Waals surface area (Å²) in [5.41, 5.74) is 6.85. The number of carboxylic acid groups (broad SMARTS) is 1. The van der Waals surface area contributed by atoms with Gasteiger partial charge in [0.05, 0.1) is 12.9 Å². The Balaban J connectivity index is 2.15. The molecule has 36 heavy (non-hydrogen) atoms. The highest BCUT2D eigenvalue weighted by atomic mass is 32.2. The lowest BCUT2D eigenvalue weighted by atomic mass is 10.0. The number of carboxylic acids is 1. The van der Waals surface area contributed by atoms with E-state index in [9.17, 15) is 24.3 Å². The molecule has 2 aromatic rings. The first-order chi connectivity index (χ1) is 17.2. The smallest absolute Gasteiger partial charge is 0.326 e. The Morgan fingerprint density at radius 2 is 1.64 bits per heavy atom. The molecule has 4 atom stereocenters. The highest BCUT2D eigenvalue weighted by Gasteiger charge is 2.30. The SMILES string of the molecule is CSCCC(NC(=O)C(Cc1cnc[nH]1)NC(=O)C(N)CO)C(=O)NC(Cc1ccccc1)C(=O)O. The summed E-state index contributed by atoms with van der Waals surface area (Å²) in [6.07, 6.45) is 5.07. The predicted molar refractivity (Wildman–Crippen MR) is 134 cm³/mol. The lowest BCUT2D eigenvalue weighted by Crippen LogP contribution is -2.58. The summed E-state index contributed by atoms with van der Waals surface area (Å²) < 4.78 is 0. The number of hydrogen-bond donors (Lipinski definition) is 7. The van der Waals surface area contributed by atoms with E-state index < -0.39 is 54.5 Å². The maximum absolute atomic E-state index is 13.1. The number of aromatic nitrogens is 2. The molecule has 0 aliphatic carbocycles. The molecule has 12 nitrogen and oxygen atoms in total. The topological polar surface area (TPSA) is 200 Å². The molecular weight excluding hydrogens is 488 g/mol. The molecule has 0 bridgehead atoms. The van der Waals surface area contributed by atoms with Gasteiger partial charge >= 0.3 is 5.97 Å². The number of H-pyrrole nitrogens is 1. The van der Waals surface area contributed by atoms with E-state index in [4.69, 9.17) is 10.8 Å². The number of aliphatic hydroxyl groups is 1. The van der Waals surface area contributed by atoms with Crippen LogP contribution in [0.4, 0.5) is 0 Å². The Hall–Kier alpha value is -3.42. The van der Waals surface area contributed by atoms with Crippen molar-refractivity contribution >= 4 is 35.5 Å². The molecule has 0 aliphatic heterocycles. The maximum atomic E-state index is 13.1. The number of imidazole rings is 1. The van der Waals surface area contributed by atoms with Gasteiger partial charge in [-0.15, -0.1) is 0 Å². The van der Waals surface area contributed by atoms with E-state index in [1.54, 1.807) is 30.3 Å². The zero-order valence-electron chi connectivity index (χ0n) is 19.8. The van der Waals surface area contributed by atoms with Crippen LogP contribution in [-0.2, 0) is 32.0 Å². The first-order valence-corrected chi connectivity index (χ1v) is 12.6. The molecule has 8 N–H and O–H groups in total. The van der Waals surface area contributed by atoms with Crippen molar-refractivity contribution < 1.29 is 29.4 Å². The minimum atomic E-state index is -1.23. The van der Waals surface area contributed by atoms with Gasteiger partial charge < -0.3 is 36.9 Å². The number of amides is 3. The van der Waals surface area contributed by atoms with Crippen LogP contribution in [-0.4, -0.2) is 86.7 Å². The number of rotatable bonds is 15. The quantitative estimate of drug-likeness (QED) is 0.151. The van der Waals surface area contributed by atoms with Crippen molar-refractivity contribution in [1.29, 1.82) is 0 Å². The zero-order chi connectivity index (χ0) is 26.5. The number of nitrogens with two attached hydrogens (primary N) is 1. The number of benzene rings is 1. The minimum Gasteiger partial charge on any atom is -0.480 e. The van der Waals surface area contributed by atoms with Crippen LogP contribution >= 0.6 is 11.8 Å². The monoisotopic (exact) mass is 520 g/mol. The van der Waals surface area contributed by atoms with Crippen molar-refractivity contribution in [3.8, 4) is 0 Å². The third-order valence-corrected chi connectivity index (χ3v) is 5.93. The summed E-state index contributed by atoms with van der Waals surface area (Å²) in [6, 6.07) is 4.27. The standard InChI is InChI=1S/C23H32N6O6S/c1-36-8-7-17(21(32)29-19(23(34)35)9-14-5-3-2-4-6-14)27-22(33)18(10-15-11-25-13-26-15)28-20(31)16(24)12-30/h2-6,11,13,16-19,30H,7-10,12,24H2,1H3,(H,25,26)(H,27,33)(H,28,31)(H,29,32)(H,34,35). The largest absolute Gasteiger partial charge is 0.480 e. The van der Waals surface area contributed by atoms with Crippen LogP contribution < -0.4 is 21.7 Å². The van der Waals surface area contributed by atoms with Crippen LogP contribution in [0, 0.1) is 0 Å². The van der Waals surface area contributed by atoms with Crippen LogP contribution in [0.1, 0.15) is 17.7 Å². The van der Waals surface area contributed by atoms with E-state index >= 15 is 0 Å². The summed E-state index contributed by atoms with van der Waals surface area (Å²) >= 11 is 1.46. The first-order valence-electron chi connectivity index (χ1n) is 11.3. The van der Waals surface area contributed by atoms with E-state index in [0.717, 1.165) is 5.56 Å². The molecule has 3 amide bonds. The molecule has 2 rings (SSSR count). The van der Waals surface area contributed by atoms with Gasteiger partial charge in [-0.3, -0.25) is 14.4 Å². The van der Waals surface area contributed by atoms with Crippen LogP contribution in [0.5, 0.6) is 0 Å². The van der Waals surface area contributed by atoms with Crippen molar-refractivity contribution in [2.24, 2.45) is 5.73 Å². The normalized spacial score (nSPS) is 14.2. The molecule has 0 spiro atoms. The third-order valence-electron chi connectivity index (χ3n) is 5.29. The molecule has 0 radical (unpaired) electrons. The van der Waals surface area contributed by atoms with E-state index in [2.05, 4.69) is 25.9 Å². The lowest BCUT2D eigenvalue weighted by molar-refractivity contribution is -0.142. The molecule has 0 fully saturated rings. The molecule has 1 aromatic carbocycles. The van der Waals surface area contributed by atoms with Crippen LogP contribution in [0.3, 0.4) is 0 Å². The van der Waals surface area contributed by atoms with Gasteiger partial charge in [0.15, 0.2) is 0 Å². The van der Waals surface area contributed by atoms with Crippen LogP contribution in [0.25, 0.3) is 0 Å². The first kappa shape index (κ1) is 28.8. The second-order valence-electron chi connectivity index (χ2n) is 8.06. The molecule has 1 aromatic heterocycles. The maximum Gasteiger partial charge on any atom is 0.326 e. The summed E-state index contributed by atoms with van der Waals surface area (Å²) in [7, 11) is 0. The summed E-state index contributed by atoms with van der Waals surface area (Å²) in [5, 5.41) is 26.4. The molecular formula is C23H32N6O6S. The predicted octanol–water partition coefficient (Wildman–Crippen LogP) is -1.19. The average molecular weight is 521 g/mol. The van der Waals surface area contributed by atoms with Gasteiger partial charge in [-0.25, -0.2) is 9.78 Å². The number of thioether (sulfide) groups is 1. The second kappa shape index (κ2) is 14.9. The van der Waals surface area contributed by atoms with Crippen LogP contribution in [0.15, 0.2) is 42.9 Å². The lowest BCUT2D eigenvalue weighted by Gasteiger charge is -2.25. The van der Waals surface area contributed by atoms with Gasteiger partial charge in [-0.2, -0.15) is 11.8 Å². The number of carbonyl (C=O) groups excluding carboxylic acids is 3. The van der Waals surface area contributed by atoms with E-state index in [1.165, 1.54) is 24.3 Å². The van der Waals surface area contributed by atoms with Gasteiger partial charge in [-0.05, 0) is 24.0 Å². The molecule has 1 heterocycles. The summed E-state index contributed by atoms with van der Waals surface area (Å²) in [4.78, 5) is 57.0. The number of aliphatic carboxylic acids is 1. The van der Waals surface area contributed by atoms with E-state index in [-0.39, 0.29) is 19.3 Å². The van der Waals surface area contributed by atoms with Crippen molar-refractivity contribution in [1.82, 2.24) is 25.9 Å². The number of carbonyl (C=O) groups is 4. The Morgan fingerprint density at radius 3 is 2.22 bits per heavy atom. The van der Waals surface area contributed by atoms with Crippen molar-refractivity contribution in [3.63, 3.8) is 0 Å². The van der Waals surface area contributed by atoms with Gasteiger partial charge in [0.1, 0.15) is 24.2 Å². The average Bonchev–Trinajstić information content (AvgIpc) is 3.38. The molecule has 0 saturated carbocycles. The van der Waals surface area contributed by atoms with E-state index in [0.29, 0.717) is 11.4 Å². The van der Waals surface area contributed by atoms with Crippen molar-refractivity contribution in [3.05, 3.63) is 54.1 Å². The fourth-order valence-electron chi connectivity index (χ4n) is 3.29. The zero-order valence-corrected chi connectivity index (χ0v) is 20.7. The van der Waals surface area contributed by atoms with Gasteiger partial charge in [0.2, 0.25) is 17.7 Å². The van der Waals surface area contributed by atoms with Gasteiger partial charge in [0.25, 0.3) is 0 Å². The molecule has 196 valence electrons. The number of nitrogens with zero attached hydrogens (tertiary/aromatic N) is 1. The van der Waals surface area contributed by atoms with E-state index in [1.807, 2.05) is 6.26 Å². The van der Waals surface area contributed by atoms with Crippen molar-refractivity contribution in [2.45, 2.75) is 43.4 Å². The minimum absolute atomic E-state index is 0.0261. The Kier molecular flexibility index (Phi) is 11.9. The highest BCUT2D eigenvalue weighted by molar-refractivity contribution is 7.98. The van der Waals surface area contributed by atoms with Crippen molar-refractivity contribution in [2.75, 3.05) is 18.6 Å². The molecule has 4 unspecified atom stereocenters. The molecule has 0 aliphatic rings. The number of nitrogens with one attached hydrogen (secondary N) is 4. The molecule has 0 saturated heterocycles. The highest BCUT2D eigenvalue weighted by Crippen LogP contribution is 2.07. The van der Waals surface area contributed by atoms with Crippen LogP contribution in [0.2, 0.25) is 0 Å². The van der Waals surface area contributed by atoms with Gasteiger partial charge in [-0.1, -0.05) is 30.3 Å². The van der Waals surface area contributed by atoms with Gasteiger partial charge in [0, 0.05) is 24.7 Å². The second-order valence-corrected chi connectivity index (χ2v) is 9.05. The number of hydrogen-bond acceptors (Lipinski definition) is 8. The Bertz CT molecular complexity index is 990. The fraction of sp³-hybridized carbons (Fsp3) is 0.435.